The van der Waals surface area contributed by atoms with Gasteiger partial charge in [0.25, 0.3) is 0 Å². The van der Waals surface area contributed by atoms with Crippen LogP contribution in [0.3, 0.4) is 0 Å². The minimum atomic E-state index is -3.36. The van der Waals surface area contributed by atoms with Crippen LogP contribution >= 0.6 is 15.9 Å². The van der Waals surface area contributed by atoms with Crippen molar-refractivity contribution in [2.24, 2.45) is 5.73 Å². The molecule has 0 aromatic heterocycles. The fourth-order valence-electron chi connectivity index (χ4n) is 1.11. The zero-order valence-electron chi connectivity index (χ0n) is 9.27. The number of hydrogen-bond acceptors (Lipinski definition) is 3. The van der Waals surface area contributed by atoms with Crippen LogP contribution in [0.2, 0.25) is 0 Å². The Morgan fingerprint density at radius 2 is 1.94 bits per heavy atom. The van der Waals surface area contributed by atoms with Gasteiger partial charge >= 0.3 is 0 Å². The number of nitrogens with two attached hydrogens (primary N) is 1. The van der Waals surface area contributed by atoms with E-state index in [9.17, 15) is 8.42 Å². The fourth-order valence-corrected chi connectivity index (χ4v) is 2.23. The molecule has 0 saturated heterocycles. The highest BCUT2D eigenvalue weighted by atomic mass is 79.9. The van der Waals surface area contributed by atoms with Crippen LogP contribution < -0.4 is 10.5 Å². The summed E-state index contributed by atoms with van der Waals surface area (Å²) in [6, 6.07) is 7.37. The molecule has 6 heteroatoms. The molecule has 94 valence electrons. The van der Waals surface area contributed by atoms with Gasteiger partial charge in [0.2, 0.25) is 10.0 Å². The number of nitrogens with one attached hydrogen (secondary N) is 1. The second kappa shape index (κ2) is 6.90. The van der Waals surface area contributed by atoms with Crippen molar-refractivity contribution in [3.8, 4) is 0 Å². The zero-order chi connectivity index (χ0) is 12.7. The Hall–Kier alpha value is -0.690. The van der Waals surface area contributed by atoms with Gasteiger partial charge in [-0.2, -0.15) is 0 Å². The molecule has 0 aliphatic carbocycles. The summed E-state index contributed by atoms with van der Waals surface area (Å²) in [6.07, 6.45) is 2.18. The van der Waals surface area contributed by atoms with Gasteiger partial charge in [-0.25, -0.2) is 13.1 Å². The first-order chi connectivity index (χ1) is 8.03. The second-order valence-electron chi connectivity index (χ2n) is 3.44. The van der Waals surface area contributed by atoms with Crippen molar-refractivity contribution >= 4 is 32.0 Å². The summed E-state index contributed by atoms with van der Waals surface area (Å²) in [7, 11) is -3.36. The molecule has 0 aliphatic heterocycles. The average molecular weight is 319 g/mol. The Bertz CT molecular complexity index is 469. The highest BCUT2D eigenvalue weighted by Gasteiger charge is 2.02. The van der Waals surface area contributed by atoms with E-state index >= 15 is 0 Å². The SMILES string of the molecule is NCCCNS(=O)(=O)C=Cc1ccc(Br)cc1. The highest BCUT2D eigenvalue weighted by molar-refractivity contribution is 9.10. The van der Waals surface area contributed by atoms with E-state index in [1.165, 1.54) is 0 Å². The number of rotatable bonds is 6. The van der Waals surface area contributed by atoms with Crippen LogP contribution in [0.5, 0.6) is 0 Å². The van der Waals surface area contributed by atoms with Crippen LogP contribution in [0.15, 0.2) is 34.1 Å². The topological polar surface area (TPSA) is 72.2 Å². The van der Waals surface area contributed by atoms with Crippen molar-refractivity contribution in [3.63, 3.8) is 0 Å². The lowest BCUT2D eigenvalue weighted by Gasteiger charge is -2.00. The van der Waals surface area contributed by atoms with Crippen LogP contribution in [-0.2, 0) is 10.0 Å². The maximum atomic E-state index is 11.5. The molecule has 0 amide bonds. The molecule has 0 heterocycles. The summed E-state index contributed by atoms with van der Waals surface area (Å²) in [5.41, 5.74) is 6.11. The standard InChI is InChI=1S/C11H15BrN2O2S/c12-11-4-2-10(3-5-11)6-9-17(15,16)14-8-1-7-13/h2-6,9,14H,1,7-8,13H2. The summed E-state index contributed by atoms with van der Waals surface area (Å²) in [5, 5.41) is 1.16. The molecule has 0 atom stereocenters. The van der Waals surface area contributed by atoms with E-state index in [2.05, 4.69) is 20.7 Å². The Balaban J connectivity index is 2.60. The van der Waals surface area contributed by atoms with Gasteiger partial charge in [-0.05, 0) is 36.7 Å². The van der Waals surface area contributed by atoms with Crippen molar-refractivity contribution in [3.05, 3.63) is 39.7 Å². The predicted molar refractivity (Wildman–Crippen MR) is 73.8 cm³/mol. The van der Waals surface area contributed by atoms with Crippen molar-refractivity contribution in [2.45, 2.75) is 6.42 Å². The van der Waals surface area contributed by atoms with Gasteiger partial charge in [0.1, 0.15) is 0 Å². The second-order valence-corrected chi connectivity index (χ2v) is 6.00. The molecule has 0 radical (unpaired) electrons. The van der Waals surface area contributed by atoms with Crippen molar-refractivity contribution < 1.29 is 8.42 Å². The normalized spacial score (nSPS) is 12.1. The van der Waals surface area contributed by atoms with Gasteiger partial charge in [-0.3, -0.25) is 0 Å². The molecular weight excluding hydrogens is 304 g/mol. The van der Waals surface area contributed by atoms with Gasteiger partial charge < -0.3 is 5.73 Å². The maximum absolute atomic E-state index is 11.5. The molecule has 0 unspecified atom stereocenters. The molecule has 0 fully saturated rings. The molecular formula is C11H15BrN2O2S. The first kappa shape index (κ1) is 14.4. The molecule has 1 rings (SSSR count). The van der Waals surface area contributed by atoms with Crippen LogP contribution in [0.4, 0.5) is 0 Å². The summed E-state index contributed by atoms with van der Waals surface area (Å²) < 4.78 is 26.4. The van der Waals surface area contributed by atoms with Crippen molar-refractivity contribution in [2.75, 3.05) is 13.1 Å². The maximum Gasteiger partial charge on any atom is 0.233 e. The minimum Gasteiger partial charge on any atom is -0.330 e. The van der Waals surface area contributed by atoms with E-state index in [4.69, 9.17) is 5.73 Å². The predicted octanol–water partition coefficient (Wildman–Crippen LogP) is 1.69. The summed E-state index contributed by atoms with van der Waals surface area (Å²) in [5.74, 6) is 0. The fraction of sp³-hybridized carbons (Fsp3) is 0.273. The van der Waals surface area contributed by atoms with Gasteiger partial charge in [-0.1, -0.05) is 28.1 Å². The average Bonchev–Trinajstić information content (AvgIpc) is 2.29. The summed E-state index contributed by atoms with van der Waals surface area (Å²) in [4.78, 5) is 0. The third-order valence-electron chi connectivity index (χ3n) is 1.99. The van der Waals surface area contributed by atoms with E-state index in [1.807, 2.05) is 24.3 Å². The quantitative estimate of drug-likeness (QED) is 0.784. The third kappa shape index (κ3) is 5.97. The van der Waals surface area contributed by atoms with Gasteiger partial charge in [0, 0.05) is 16.4 Å². The molecule has 1 aromatic carbocycles. The highest BCUT2D eigenvalue weighted by Crippen LogP contribution is 2.11. The lowest BCUT2D eigenvalue weighted by molar-refractivity contribution is 0.589. The smallest absolute Gasteiger partial charge is 0.233 e. The van der Waals surface area contributed by atoms with E-state index in [0.29, 0.717) is 19.5 Å². The lowest BCUT2D eigenvalue weighted by atomic mass is 10.2. The Kier molecular flexibility index (Phi) is 5.84. The number of halogens is 1. The molecule has 0 bridgehead atoms. The Morgan fingerprint density at radius 1 is 1.29 bits per heavy atom. The number of hydrogen-bond donors (Lipinski definition) is 2. The largest absolute Gasteiger partial charge is 0.330 e. The van der Waals surface area contributed by atoms with Gasteiger partial charge in [0.15, 0.2) is 0 Å². The monoisotopic (exact) mass is 318 g/mol. The van der Waals surface area contributed by atoms with E-state index < -0.39 is 10.0 Å². The van der Waals surface area contributed by atoms with Crippen LogP contribution in [0, 0.1) is 0 Å². The first-order valence-corrected chi connectivity index (χ1v) is 7.51. The number of sulfonamides is 1. The Labute approximate surface area is 110 Å². The van der Waals surface area contributed by atoms with E-state index in [-0.39, 0.29) is 0 Å². The zero-order valence-corrected chi connectivity index (χ0v) is 11.7. The first-order valence-electron chi connectivity index (χ1n) is 5.17. The summed E-state index contributed by atoms with van der Waals surface area (Å²) in [6.45, 7) is 0.836. The third-order valence-corrected chi connectivity index (χ3v) is 3.62. The molecule has 3 N–H and O–H groups in total. The van der Waals surface area contributed by atoms with E-state index in [1.54, 1.807) is 6.08 Å². The van der Waals surface area contributed by atoms with Gasteiger partial charge in [0.05, 0.1) is 0 Å². The lowest BCUT2D eigenvalue weighted by Crippen LogP contribution is -2.24. The number of benzene rings is 1. The molecule has 0 saturated carbocycles. The minimum absolute atomic E-state index is 0.365. The van der Waals surface area contributed by atoms with Crippen LogP contribution in [0.25, 0.3) is 6.08 Å². The molecule has 4 nitrogen and oxygen atoms in total. The summed E-state index contributed by atoms with van der Waals surface area (Å²) >= 11 is 3.31. The van der Waals surface area contributed by atoms with E-state index in [0.717, 1.165) is 15.4 Å². The van der Waals surface area contributed by atoms with Crippen LogP contribution in [-0.4, -0.2) is 21.5 Å². The van der Waals surface area contributed by atoms with Crippen LogP contribution in [0.1, 0.15) is 12.0 Å². The van der Waals surface area contributed by atoms with Gasteiger partial charge in [-0.15, -0.1) is 0 Å². The molecule has 0 spiro atoms. The molecule has 0 aliphatic rings. The van der Waals surface area contributed by atoms with Crippen molar-refractivity contribution in [1.29, 1.82) is 0 Å². The molecule has 1 aromatic rings. The Morgan fingerprint density at radius 3 is 2.53 bits per heavy atom. The molecule has 17 heavy (non-hydrogen) atoms. The van der Waals surface area contributed by atoms with Crippen molar-refractivity contribution in [1.82, 2.24) is 4.72 Å².